The van der Waals surface area contributed by atoms with E-state index < -0.39 is 12.0 Å². The summed E-state index contributed by atoms with van der Waals surface area (Å²) in [5.41, 5.74) is 3.50. The highest BCUT2D eigenvalue weighted by Crippen LogP contribution is 2.20. The van der Waals surface area contributed by atoms with Crippen molar-refractivity contribution in [1.82, 2.24) is 15.2 Å². The van der Waals surface area contributed by atoms with Crippen molar-refractivity contribution in [2.45, 2.75) is 25.8 Å². The lowest BCUT2D eigenvalue weighted by atomic mass is 10.1. The van der Waals surface area contributed by atoms with Gasteiger partial charge in [0.05, 0.1) is 12.5 Å². The fraction of sp³-hybridized carbons (Fsp3) is 0.412. The quantitative estimate of drug-likeness (QED) is 0.776. The first-order valence-electron chi connectivity index (χ1n) is 7.85. The van der Waals surface area contributed by atoms with E-state index in [2.05, 4.69) is 35.4 Å². The number of carboxylic acid groups (broad SMARTS) is 1. The maximum absolute atomic E-state index is 12.3. The maximum Gasteiger partial charge on any atom is 0.305 e. The number of aromatic amines is 1. The predicted molar refractivity (Wildman–Crippen MR) is 87.4 cm³/mol. The van der Waals surface area contributed by atoms with Gasteiger partial charge in [0.1, 0.15) is 0 Å². The highest BCUT2D eigenvalue weighted by molar-refractivity contribution is 5.87. The number of piperazine rings is 1. The summed E-state index contributed by atoms with van der Waals surface area (Å²) in [6.07, 6.45) is 2.59. The Morgan fingerprint density at radius 3 is 3.04 bits per heavy atom. The van der Waals surface area contributed by atoms with Crippen LogP contribution in [-0.2, 0) is 16.0 Å². The lowest BCUT2D eigenvalue weighted by Crippen LogP contribution is -2.56. The number of nitrogens with zero attached hydrogens (tertiary/aromatic N) is 1. The second-order valence-electron chi connectivity index (χ2n) is 6.04. The van der Waals surface area contributed by atoms with Crippen molar-refractivity contribution in [3.63, 3.8) is 0 Å². The molecule has 1 saturated heterocycles. The molecule has 0 aliphatic carbocycles. The number of hydrogen-bond acceptors (Lipinski definition) is 3. The van der Waals surface area contributed by atoms with Crippen molar-refractivity contribution < 1.29 is 14.7 Å². The van der Waals surface area contributed by atoms with E-state index in [0.717, 1.165) is 11.9 Å². The Balaban J connectivity index is 1.67. The number of benzene rings is 1. The molecular weight excluding hydrogens is 294 g/mol. The molecule has 122 valence electrons. The van der Waals surface area contributed by atoms with Crippen LogP contribution < -0.4 is 5.32 Å². The van der Waals surface area contributed by atoms with E-state index in [1.165, 1.54) is 16.5 Å². The molecule has 1 aliphatic heterocycles. The van der Waals surface area contributed by atoms with Crippen LogP contribution in [0.3, 0.4) is 0 Å². The number of aryl methyl sites for hydroxylation is 1. The first-order chi connectivity index (χ1) is 11.0. The number of aliphatic carboxylic acids is 1. The number of amides is 1. The summed E-state index contributed by atoms with van der Waals surface area (Å²) in [6.45, 7) is 3.92. The number of H-pyrrole nitrogens is 1. The number of carboxylic acids is 1. The molecule has 3 rings (SSSR count). The van der Waals surface area contributed by atoms with Gasteiger partial charge >= 0.3 is 5.97 Å². The van der Waals surface area contributed by atoms with Crippen LogP contribution in [0.5, 0.6) is 0 Å². The molecule has 23 heavy (non-hydrogen) atoms. The normalized spacial score (nSPS) is 18.6. The molecule has 1 amide bonds. The summed E-state index contributed by atoms with van der Waals surface area (Å²) < 4.78 is 0. The second kappa shape index (κ2) is 6.42. The zero-order valence-corrected chi connectivity index (χ0v) is 13.1. The average Bonchev–Trinajstić information content (AvgIpc) is 2.90. The van der Waals surface area contributed by atoms with Crippen LogP contribution in [0.15, 0.2) is 24.4 Å². The molecule has 1 aromatic carbocycles. The topological polar surface area (TPSA) is 85.4 Å². The average molecular weight is 315 g/mol. The lowest BCUT2D eigenvalue weighted by molar-refractivity contribution is -0.144. The highest BCUT2D eigenvalue weighted by atomic mass is 16.4. The zero-order valence-electron chi connectivity index (χ0n) is 13.1. The molecule has 0 spiro atoms. The molecule has 3 N–H and O–H groups in total. The Bertz CT molecular complexity index is 738. The molecule has 0 saturated carbocycles. The Kier molecular flexibility index (Phi) is 4.34. The lowest BCUT2D eigenvalue weighted by Gasteiger charge is -2.32. The van der Waals surface area contributed by atoms with Crippen molar-refractivity contribution in [1.29, 1.82) is 0 Å². The van der Waals surface area contributed by atoms with Gasteiger partial charge in [-0.2, -0.15) is 0 Å². The summed E-state index contributed by atoms with van der Waals surface area (Å²) in [7, 11) is 0. The number of nitrogens with one attached hydrogen (secondary N) is 2. The number of carbonyl (C=O) groups excluding carboxylic acids is 1. The Morgan fingerprint density at radius 1 is 1.43 bits per heavy atom. The molecule has 2 heterocycles. The molecule has 6 heteroatoms. The van der Waals surface area contributed by atoms with Crippen LogP contribution in [0, 0.1) is 6.92 Å². The molecule has 0 radical (unpaired) electrons. The van der Waals surface area contributed by atoms with E-state index >= 15 is 0 Å². The summed E-state index contributed by atoms with van der Waals surface area (Å²) in [6, 6.07) is 5.69. The van der Waals surface area contributed by atoms with Gasteiger partial charge < -0.3 is 20.3 Å². The van der Waals surface area contributed by atoms with Gasteiger partial charge in [0.2, 0.25) is 5.91 Å². The summed E-state index contributed by atoms with van der Waals surface area (Å²) in [5, 5.41) is 13.0. The molecule has 1 aromatic heterocycles. The van der Waals surface area contributed by atoms with E-state index in [1.54, 1.807) is 4.90 Å². The van der Waals surface area contributed by atoms with E-state index in [-0.39, 0.29) is 12.3 Å². The van der Waals surface area contributed by atoms with Gasteiger partial charge in [0.15, 0.2) is 0 Å². The zero-order chi connectivity index (χ0) is 16.4. The van der Waals surface area contributed by atoms with Gasteiger partial charge in [-0.1, -0.05) is 12.1 Å². The van der Waals surface area contributed by atoms with Crippen LogP contribution in [0.2, 0.25) is 0 Å². The number of aromatic nitrogens is 1. The van der Waals surface area contributed by atoms with Crippen molar-refractivity contribution in [2.75, 3.05) is 19.6 Å². The summed E-state index contributed by atoms with van der Waals surface area (Å²) in [4.78, 5) is 28.2. The van der Waals surface area contributed by atoms with Crippen LogP contribution in [0.1, 0.15) is 17.5 Å². The first kappa shape index (κ1) is 15.6. The number of rotatable bonds is 5. The molecule has 1 fully saturated rings. The molecular formula is C17H21N3O3. The Morgan fingerprint density at radius 2 is 2.26 bits per heavy atom. The van der Waals surface area contributed by atoms with Crippen molar-refractivity contribution in [2.24, 2.45) is 0 Å². The van der Waals surface area contributed by atoms with E-state index in [4.69, 9.17) is 5.11 Å². The summed E-state index contributed by atoms with van der Waals surface area (Å²) >= 11 is 0. The van der Waals surface area contributed by atoms with Crippen LogP contribution >= 0.6 is 0 Å². The largest absolute Gasteiger partial charge is 0.481 e. The van der Waals surface area contributed by atoms with E-state index in [0.29, 0.717) is 19.6 Å². The molecule has 1 unspecified atom stereocenters. The van der Waals surface area contributed by atoms with Gasteiger partial charge in [-0.05, 0) is 30.5 Å². The minimum absolute atomic E-state index is 0.116. The van der Waals surface area contributed by atoms with Gasteiger partial charge in [0, 0.05) is 36.7 Å². The second-order valence-corrected chi connectivity index (χ2v) is 6.04. The van der Waals surface area contributed by atoms with Gasteiger partial charge in [-0.3, -0.25) is 9.59 Å². The van der Waals surface area contributed by atoms with Crippen molar-refractivity contribution in [3.05, 3.63) is 35.5 Å². The fourth-order valence-corrected chi connectivity index (χ4v) is 3.11. The van der Waals surface area contributed by atoms with Crippen LogP contribution in [-0.4, -0.2) is 52.5 Å². The molecule has 2 aromatic rings. The minimum atomic E-state index is -0.954. The first-order valence-corrected chi connectivity index (χ1v) is 7.85. The molecule has 0 bridgehead atoms. The van der Waals surface area contributed by atoms with Crippen LogP contribution in [0.4, 0.5) is 0 Å². The number of hydrogen-bond donors (Lipinski definition) is 3. The SMILES string of the molecule is Cc1ccc2c(CCN3CCNC(CC(=O)O)C3=O)c[nH]c2c1. The molecule has 6 nitrogen and oxygen atoms in total. The van der Waals surface area contributed by atoms with E-state index in [9.17, 15) is 9.59 Å². The maximum atomic E-state index is 12.3. The monoisotopic (exact) mass is 315 g/mol. The van der Waals surface area contributed by atoms with Crippen molar-refractivity contribution in [3.8, 4) is 0 Å². The minimum Gasteiger partial charge on any atom is -0.481 e. The van der Waals surface area contributed by atoms with Crippen molar-refractivity contribution >= 4 is 22.8 Å². The Labute approximate surface area is 134 Å². The molecule has 1 aliphatic rings. The highest BCUT2D eigenvalue weighted by Gasteiger charge is 2.29. The third-order valence-electron chi connectivity index (χ3n) is 4.33. The molecule has 1 atom stereocenters. The fourth-order valence-electron chi connectivity index (χ4n) is 3.11. The Hall–Kier alpha value is -2.34. The third kappa shape index (κ3) is 3.37. The smallest absolute Gasteiger partial charge is 0.305 e. The van der Waals surface area contributed by atoms with Gasteiger partial charge in [-0.15, -0.1) is 0 Å². The third-order valence-corrected chi connectivity index (χ3v) is 4.33. The predicted octanol–water partition coefficient (Wildman–Crippen LogP) is 1.29. The van der Waals surface area contributed by atoms with Gasteiger partial charge in [-0.25, -0.2) is 0 Å². The number of fused-ring (bicyclic) bond motifs is 1. The van der Waals surface area contributed by atoms with E-state index in [1.807, 2.05) is 6.20 Å². The van der Waals surface area contributed by atoms with Crippen LogP contribution in [0.25, 0.3) is 10.9 Å². The standard InChI is InChI=1S/C17H21N3O3/c1-11-2-3-13-12(10-19-14(13)8-11)4-6-20-7-5-18-15(17(20)23)9-16(21)22/h2-3,8,10,15,18-19H,4-7,9H2,1H3,(H,21,22). The van der Waals surface area contributed by atoms with Gasteiger partial charge in [0.25, 0.3) is 0 Å². The number of carbonyl (C=O) groups is 2. The summed E-state index contributed by atoms with van der Waals surface area (Å²) in [5.74, 6) is -1.07.